The van der Waals surface area contributed by atoms with Crippen molar-refractivity contribution in [2.75, 3.05) is 6.54 Å². The Bertz CT molecular complexity index is 118. The molecule has 0 heterocycles. The minimum absolute atomic E-state index is 0.110. The summed E-state index contributed by atoms with van der Waals surface area (Å²) >= 11 is 0. The molecule has 10 heavy (non-hydrogen) atoms. The van der Waals surface area contributed by atoms with Crippen LogP contribution in [0.2, 0.25) is 0 Å². The predicted molar refractivity (Wildman–Crippen MR) is 36.8 cm³/mol. The molecule has 0 unspecified atom stereocenters. The Labute approximate surface area is 60.0 Å². The standard InChI is InChI=1S/C6H11N2O2/c1-5(9)7-3-4-8-6(2)10/h3H,4H2,1-2H3,(H,7,9)(H,8,10). The Morgan fingerprint density at radius 1 is 1.30 bits per heavy atom. The minimum atomic E-state index is -0.134. The molecular weight excluding hydrogens is 132 g/mol. The number of rotatable bonds is 3. The van der Waals surface area contributed by atoms with Crippen molar-refractivity contribution in [3.05, 3.63) is 6.54 Å². The van der Waals surface area contributed by atoms with Crippen LogP contribution in [0.5, 0.6) is 0 Å². The molecule has 2 N–H and O–H groups in total. The first-order chi connectivity index (χ1) is 4.63. The maximum Gasteiger partial charge on any atom is 0.217 e. The van der Waals surface area contributed by atoms with Crippen LogP contribution in [-0.4, -0.2) is 18.4 Å². The van der Waals surface area contributed by atoms with E-state index in [9.17, 15) is 9.59 Å². The van der Waals surface area contributed by atoms with Gasteiger partial charge in [-0.25, -0.2) is 0 Å². The Morgan fingerprint density at radius 2 is 1.90 bits per heavy atom. The van der Waals surface area contributed by atoms with E-state index >= 15 is 0 Å². The maximum absolute atomic E-state index is 10.2. The van der Waals surface area contributed by atoms with Crippen LogP contribution in [0.1, 0.15) is 13.8 Å². The average Bonchev–Trinajstić information content (AvgIpc) is 1.79. The molecule has 0 rings (SSSR count). The largest absolute Gasteiger partial charge is 0.354 e. The van der Waals surface area contributed by atoms with Gasteiger partial charge in [-0.2, -0.15) is 0 Å². The molecule has 0 aromatic heterocycles. The zero-order valence-corrected chi connectivity index (χ0v) is 6.10. The molecule has 0 spiro atoms. The summed E-state index contributed by atoms with van der Waals surface area (Å²) in [6, 6.07) is 0. The minimum Gasteiger partial charge on any atom is -0.354 e. The third-order valence-electron chi connectivity index (χ3n) is 0.758. The summed E-state index contributed by atoms with van der Waals surface area (Å²) in [5.41, 5.74) is 0. The first-order valence-corrected chi connectivity index (χ1v) is 2.96. The second kappa shape index (κ2) is 4.78. The Kier molecular flexibility index (Phi) is 4.28. The van der Waals surface area contributed by atoms with Gasteiger partial charge in [-0.15, -0.1) is 0 Å². The molecule has 0 aromatic rings. The molecule has 0 aliphatic rings. The fourth-order valence-electron chi connectivity index (χ4n) is 0.390. The average molecular weight is 143 g/mol. The van der Waals surface area contributed by atoms with Gasteiger partial charge < -0.3 is 10.6 Å². The Balaban J connectivity index is 3.06. The first kappa shape index (κ1) is 8.94. The van der Waals surface area contributed by atoms with Crippen molar-refractivity contribution >= 4 is 11.8 Å². The van der Waals surface area contributed by atoms with Gasteiger partial charge in [0.2, 0.25) is 11.8 Å². The maximum atomic E-state index is 10.2. The zero-order valence-electron chi connectivity index (χ0n) is 6.10. The van der Waals surface area contributed by atoms with Crippen molar-refractivity contribution in [1.82, 2.24) is 10.6 Å². The summed E-state index contributed by atoms with van der Waals surface area (Å²) in [5, 5.41) is 4.91. The third-order valence-corrected chi connectivity index (χ3v) is 0.758. The molecule has 57 valence electrons. The molecule has 0 aliphatic heterocycles. The van der Waals surface area contributed by atoms with Gasteiger partial charge >= 0.3 is 0 Å². The number of carbonyl (C=O) groups excluding carboxylic acids is 2. The highest BCUT2D eigenvalue weighted by Crippen LogP contribution is 1.67. The molecule has 0 aromatic carbocycles. The van der Waals surface area contributed by atoms with Gasteiger partial charge in [0.15, 0.2) is 0 Å². The SMILES string of the molecule is CC(=O)N[CH]CNC(C)=O. The van der Waals surface area contributed by atoms with Gasteiger partial charge in [0, 0.05) is 20.4 Å². The van der Waals surface area contributed by atoms with Gasteiger partial charge in [-0.1, -0.05) is 0 Å². The van der Waals surface area contributed by atoms with E-state index in [1.807, 2.05) is 0 Å². The molecule has 1 radical (unpaired) electrons. The number of carbonyl (C=O) groups is 2. The molecule has 4 heteroatoms. The fraction of sp³-hybridized carbons (Fsp3) is 0.500. The molecule has 2 amide bonds. The van der Waals surface area contributed by atoms with Crippen molar-refractivity contribution in [2.45, 2.75) is 13.8 Å². The normalized spacial score (nSPS) is 8.60. The molecule has 0 atom stereocenters. The van der Waals surface area contributed by atoms with Crippen LogP contribution in [0.3, 0.4) is 0 Å². The number of hydrogen-bond donors (Lipinski definition) is 2. The molecular formula is C6H11N2O2. The molecule has 0 saturated heterocycles. The van der Waals surface area contributed by atoms with E-state index in [0.29, 0.717) is 6.54 Å². The summed E-state index contributed by atoms with van der Waals surface area (Å²) in [4.78, 5) is 20.5. The van der Waals surface area contributed by atoms with E-state index in [2.05, 4.69) is 10.6 Å². The lowest BCUT2D eigenvalue weighted by molar-refractivity contribution is -0.120. The van der Waals surface area contributed by atoms with Crippen molar-refractivity contribution in [3.8, 4) is 0 Å². The van der Waals surface area contributed by atoms with Crippen molar-refractivity contribution in [2.24, 2.45) is 0 Å². The lowest BCUT2D eigenvalue weighted by Gasteiger charge is -2.00. The molecule has 4 nitrogen and oxygen atoms in total. The summed E-state index contributed by atoms with van der Waals surface area (Å²) in [6.45, 7) is 4.69. The molecule has 0 saturated carbocycles. The van der Waals surface area contributed by atoms with Gasteiger partial charge in [0.1, 0.15) is 0 Å². The molecule has 0 fully saturated rings. The fourth-order valence-corrected chi connectivity index (χ4v) is 0.390. The van der Waals surface area contributed by atoms with E-state index in [0.717, 1.165) is 0 Å². The lowest BCUT2D eigenvalue weighted by atomic mass is 10.5. The Morgan fingerprint density at radius 3 is 2.30 bits per heavy atom. The topological polar surface area (TPSA) is 58.2 Å². The van der Waals surface area contributed by atoms with Crippen LogP contribution in [0.15, 0.2) is 0 Å². The smallest absolute Gasteiger partial charge is 0.217 e. The summed E-state index contributed by atoms with van der Waals surface area (Å²) in [6.07, 6.45) is 0. The van der Waals surface area contributed by atoms with Crippen LogP contribution >= 0.6 is 0 Å². The van der Waals surface area contributed by atoms with Gasteiger partial charge in [0.05, 0.1) is 6.54 Å². The van der Waals surface area contributed by atoms with Crippen LogP contribution in [0.25, 0.3) is 0 Å². The Hall–Kier alpha value is -1.06. The highest BCUT2D eigenvalue weighted by molar-refractivity contribution is 5.74. The van der Waals surface area contributed by atoms with Crippen LogP contribution in [-0.2, 0) is 9.59 Å². The van der Waals surface area contributed by atoms with Crippen molar-refractivity contribution in [3.63, 3.8) is 0 Å². The summed E-state index contributed by atoms with van der Waals surface area (Å²) in [7, 11) is 0. The van der Waals surface area contributed by atoms with E-state index in [4.69, 9.17) is 0 Å². The second-order valence-corrected chi connectivity index (χ2v) is 1.84. The highest BCUT2D eigenvalue weighted by Gasteiger charge is 1.91. The first-order valence-electron chi connectivity index (χ1n) is 2.96. The van der Waals surface area contributed by atoms with Crippen LogP contribution in [0, 0.1) is 6.54 Å². The van der Waals surface area contributed by atoms with Crippen molar-refractivity contribution in [1.29, 1.82) is 0 Å². The van der Waals surface area contributed by atoms with Crippen molar-refractivity contribution < 1.29 is 9.59 Å². The summed E-state index contributed by atoms with van der Waals surface area (Å²) < 4.78 is 0. The lowest BCUT2D eigenvalue weighted by Crippen LogP contribution is -2.28. The van der Waals surface area contributed by atoms with Gasteiger partial charge in [-0.3, -0.25) is 9.59 Å². The second-order valence-electron chi connectivity index (χ2n) is 1.84. The zero-order chi connectivity index (χ0) is 7.98. The highest BCUT2D eigenvalue weighted by atomic mass is 16.2. The number of amides is 2. The number of hydrogen-bond acceptors (Lipinski definition) is 2. The predicted octanol–water partition coefficient (Wildman–Crippen LogP) is -0.580. The summed E-state index contributed by atoms with van der Waals surface area (Å²) in [5.74, 6) is -0.244. The van der Waals surface area contributed by atoms with Gasteiger partial charge in [0.25, 0.3) is 0 Å². The van der Waals surface area contributed by atoms with Gasteiger partial charge in [-0.05, 0) is 0 Å². The van der Waals surface area contributed by atoms with Crippen LogP contribution in [0.4, 0.5) is 0 Å². The quantitative estimate of drug-likeness (QED) is 0.519. The van der Waals surface area contributed by atoms with E-state index in [-0.39, 0.29) is 11.8 Å². The monoisotopic (exact) mass is 143 g/mol. The number of nitrogens with one attached hydrogen (secondary N) is 2. The van der Waals surface area contributed by atoms with E-state index in [1.165, 1.54) is 20.4 Å². The van der Waals surface area contributed by atoms with Crippen LogP contribution < -0.4 is 10.6 Å². The van der Waals surface area contributed by atoms with E-state index in [1.54, 1.807) is 0 Å². The van der Waals surface area contributed by atoms with E-state index < -0.39 is 0 Å². The molecule has 0 bridgehead atoms. The third kappa shape index (κ3) is 6.94. The molecule has 0 aliphatic carbocycles.